The van der Waals surface area contributed by atoms with Gasteiger partial charge in [0.25, 0.3) is 0 Å². The molecule has 0 aromatic heterocycles. The maximum Gasteiger partial charge on any atom is 0.239 e. The summed E-state index contributed by atoms with van der Waals surface area (Å²) in [7, 11) is 3.96. The molecule has 3 rings (SSSR count). The number of aliphatic imine (C=N–C) groups is 1. The molecule has 1 amide bonds. The Labute approximate surface area is 140 Å². The van der Waals surface area contributed by atoms with Gasteiger partial charge in [-0.25, -0.2) is 4.99 Å². The van der Waals surface area contributed by atoms with E-state index >= 15 is 0 Å². The molecular weight excluding hydrogens is 310 g/mol. The van der Waals surface area contributed by atoms with E-state index in [-0.39, 0.29) is 17.7 Å². The molecule has 1 saturated heterocycles. The average molecular weight is 329 g/mol. The van der Waals surface area contributed by atoms with Crippen molar-refractivity contribution in [1.29, 1.82) is 0 Å². The zero-order chi connectivity index (χ0) is 16.7. The van der Waals surface area contributed by atoms with E-state index in [1.807, 2.05) is 50.2 Å². The van der Waals surface area contributed by atoms with E-state index in [0.717, 1.165) is 11.3 Å². The van der Waals surface area contributed by atoms with Crippen molar-refractivity contribution in [3.8, 4) is 0 Å². The number of amidine groups is 1. The highest BCUT2D eigenvalue weighted by atomic mass is 32.2. The van der Waals surface area contributed by atoms with Gasteiger partial charge in [0.2, 0.25) is 5.91 Å². The summed E-state index contributed by atoms with van der Waals surface area (Å²) in [5.74, 6) is 0.335. The Morgan fingerprint density at radius 3 is 2.52 bits per heavy atom. The van der Waals surface area contributed by atoms with Gasteiger partial charge in [0.05, 0.1) is 11.8 Å². The summed E-state index contributed by atoms with van der Waals surface area (Å²) in [5.41, 5.74) is 3.31. The molecule has 1 aromatic rings. The quantitative estimate of drug-likeness (QED) is 0.855. The molecule has 2 aliphatic rings. The lowest BCUT2D eigenvalue weighted by molar-refractivity contribution is -0.125. The van der Waals surface area contributed by atoms with Gasteiger partial charge in [-0.05, 0) is 31.5 Å². The van der Waals surface area contributed by atoms with E-state index < -0.39 is 0 Å². The summed E-state index contributed by atoms with van der Waals surface area (Å²) in [5, 5.41) is 0.694. The first-order valence-corrected chi connectivity index (χ1v) is 8.41. The Balaban J connectivity index is 2.11. The minimum atomic E-state index is -0.376. The van der Waals surface area contributed by atoms with Crippen LogP contribution in [-0.2, 0) is 9.59 Å². The van der Waals surface area contributed by atoms with Crippen molar-refractivity contribution in [2.24, 2.45) is 4.99 Å². The van der Waals surface area contributed by atoms with Crippen LogP contribution in [-0.4, -0.2) is 41.6 Å². The molecule has 0 spiro atoms. The normalized spacial score (nSPS) is 20.5. The van der Waals surface area contributed by atoms with Crippen molar-refractivity contribution in [2.45, 2.75) is 19.9 Å². The number of amides is 1. The molecule has 2 heterocycles. The molecule has 0 N–H and O–H groups in total. The van der Waals surface area contributed by atoms with Crippen LogP contribution in [0.2, 0.25) is 0 Å². The predicted molar refractivity (Wildman–Crippen MR) is 93.6 cm³/mol. The van der Waals surface area contributed by atoms with Gasteiger partial charge in [-0.15, -0.1) is 0 Å². The molecule has 2 aliphatic heterocycles. The first kappa shape index (κ1) is 15.8. The Bertz CT molecular complexity index is 735. The molecule has 0 bridgehead atoms. The Morgan fingerprint density at radius 1 is 1.30 bits per heavy atom. The fourth-order valence-electron chi connectivity index (χ4n) is 2.96. The minimum Gasteiger partial charge on any atom is -0.378 e. The smallest absolute Gasteiger partial charge is 0.239 e. The highest BCUT2D eigenvalue weighted by Gasteiger charge is 2.41. The van der Waals surface area contributed by atoms with E-state index in [1.54, 1.807) is 4.90 Å². The second-order valence-electron chi connectivity index (χ2n) is 5.89. The number of nitrogens with zero attached hydrogens (tertiary/aromatic N) is 3. The number of thioether (sulfide) groups is 1. The van der Waals surface area contributed by atoms with Gasteiger partial charge in [0.1, 0.15) is 0 Å². The lowest BCUT2D eigenvalue weighted by Crippen LogP contribution is -2.38. The van der Waals surface area contributed by atoms with Crippen molar-refractivity contribution in [3.63, 3.8) is 0 Å². The number of benzene rings is 1. The maximum atomic E-state index is 12.3. The fraction of sp³-hybridized carbons (Fsp3) is 0.353. The number of hydrogen-bond donors (Lipinski definition) is 0. The summed E-state index contributed by atoms with van der Waals surface area (Å²) in [6, 6.07) is 7.59. The second-order valence-corrected chi connectivity index (χ2v) is 6.83. The van der Waals surface area contributed by atoms with E-state index in [9.17, 15) is 9.59 Å². The predicted octanol–water partition coefficient (Wildman–Crippen LogP) is 2.60. The Hall–Kier alpha value is -2.08. The summed E-state index contributed by atoms with van der Waals surface area (Å²) in [4.78, 5) is 32.6. The number of hydrogen-bond acceptors (Lipinski definition) is 5. The van der Waals surface area contributed by atoms with Crippen LogP contribution in [0.25, 0.3) is 0 Å². The number of Topliss-reactive ketones (excluding diaryl/α,β-unsaturated/α-hetero) is 1. The summed E-state index contributed by atoms with van der Waals surface area (Å²) >= 11 is 1.43. The van der Waals surface area contributed by atoms with Crippen LogP contribution in [0.15, 0.2) is 40.5 Å². The number of anilines is 1. The second kappa shape index (κ2) is 5.85. The van der Waals surface area contributed by atoms with Crippen LogP contribution in [0, 0.1) is 0 Å². The van der Waals surface area contributed by atoms with Gasteiger partial charge in [-0.2, -0.15) is 0 Å². The lowest BCUT2D eigenvalue weighted by Gasteiger charge is -2.33. The molecule has 1 atom stereocenters. The summed E-state index contributed by atoms with van der Waals surface area (Å²) < 4.78 is 0. The topological polar surface area (TPSA) is 53.0 Å². The van der Waals surface area contributed by atoms with Crippen LogP contribution >= 0.6 is 11.8 Å². The fourth-order valence-corrected chi connectivity index (χ4v) is 3.90. The van der Waals surface area contributed by atoms with Crippen molar-refractivity contribution in [2.75, 3.05) is 24.7 Å². The van der Waals surface area contributed by atoms with E-state index in [1.165, 1.54) is 18.7 Å². The first-order chi connectivity index (χ1) is 10.9. The van der Waals surface area contributed by atoms with Crippen LogP contribution in [0.4, 0.5) is 5.69 Å². The van der Waals surface area contributed by atoms with Gasteiger partial charge in [-0.1, -0.05) is 23.9 Å². The number of rotatable bonds is 3. The van der Waals surface area contributed by atoms with E-state index in [2.05, 4.69) is 4.99 Å². The molecule has 120 valence electrons. The van der Waals surface area contributed by atoms with Gasteiger partial charge in [0.15, 0.2) is 11.0 Å². The highest BCUT2D eigenvalue weighted by Crippen LogP contribution is 2.41. The number of allylic oxidation sites excluding steroid dienone is 1. The third kappa shape index (κ3) is 2.67. The van der Waals surface area contributed by atoms with E-state index in [0.29, 0.717) is 22.2 Å². The summed E-state index contributed by atoms with van der Waals surface area (Å²) in [6.07, 6.45) is 0. The molecule has 0 saturated carbocycles. The number of fused-ring (bicyclic) bond motifs is 1. The molecular formula is C17H19N3O2S. The standard InChI is InChI=1S/C17H19N3O2S/c1-10-15(11(2)21)16(20-14(22)9-23-17(20)18-10)12-5-7-13(8-6-12)19(3)4/h5-8,16H,9H2,1-4H3/t16-/m0/s1. The van der Waals surface area contributed by atoms with Gasteiger partial charge in [-0.3, -0.25) is 14.5 Å². The van der Waals surface area contributed by atoms with Gasteiger partial charge < -0.3 is 4.90 Å². The maximum absolute atomic E-state index is 12.3. The highest BCUT2D eigenvalue weighted by molar-refractivity contribution is 8.15. The third-order valence-electron chi connectivity index (χ3n) is 4.09. The molecule has 5 nitrogen and oxygen atoms in total. The monoisotopic (exact) mass is 329 g/mol. The van der Waals surface area contributed by atoms with Crippen LogP contribution in [0.5, 0.6) is 0 Å². The van der Waals surface area contributed by atoms with Crippen LogP contribution in [0.3, 0.4) is 0 Å². The van der Waals surface area contributed by atoms with Gasteiger partial charge >= 0.3 is 0 Å². The van der Waals surface area contributed by atoms with Crippen molar-refractivity contribution < 1.29 is 9.59 Å². The molecule has 0 radical (unpaired) electrons. The zero-order valence-corrected chi connectivity index (χ0v) is 14.5. The molecule has 0 unspecified atom stereocenters. The largest absolute Gasteiger partial charge is 0.378 e. The molecule has 0 aliphatic carbocycles. The van der Waals surface area contributed by atoms with Crippen molar-refractivity contribution in [3.05, 3.63) is 41.1 Å². The third-order valence-corrected chi connectivity index (χ3v) is 5.03. The molecule has 1 aromatic carbocycles. The molecule has 6 heteroatoms. The summed E-state index contributed by atoms with van der Waals surface area (Å²) in [6.45, 7) is 3.37. The first-order valence-electron chi connectivity index (χ1n) is 7.42. The molecule has 1 fully saturated rings. The number of carbonyl (C=O) groups excluding carboxylic acids is 2. The average Bonchev–Trinajstić information content (AvgIpc) is 2.86. The number of ketones is 1. The van der Waals surface area contributed by atoms with E-state index in [4.69, 9.17) is 0 Å². The lowest BCUT2D eigenvalue weighted by atomic mass is 9.92. The Kier molecular flexibility index (Phi) is 4.02. The van der Waals surface area contributed by atoms with Crippen LogP contribution in [0.1, 0.15) is 25.5 Å². The van der Waals surface area contributed by atoms with Crippen LogP contribution < -0.4 is 4.90 Å². The molecule has 23 heavy (non-hydrogen) atoms. The zero-order valence-electron chi connectivity index (χ0n) is 13.7. The van der Waals surface area contributed by atoms with Crippen molar-refractivity contribution in [1.82, 2.24) is 4.90 Å². The Morgan fingerprint density at radius 2 is 1.96 bits per heavy atom. The van der Waals surface area contributed by atoms with Crippen molar-refractivity contribution >= 4 is 34.3 Å². The minimum absolute atomic E-state index is 0.00156. The van der Waals surface area contributed by atoms with Gasteiger partial charge in [0, 0.05) is 31.1 Å². The number of carbonyl (C=O) groups is 2. The SMILES string of the molecule is CC(=O)C1=C(C)N=C2SCC(=O)N2[C@H]1c1ccc(N(C)C)cc1.